The number of hydrogen-bond donors (Lipinski definition) is 0. The van der Waals surface area contributed by atoms with Gasteiger partial charge in [0.15, 0.2) is 10.9 Å². The number of thiazole rings is 1. The lowest BCUT2D eigenvalue weighted by atomic mass is 10.2. The third-order valence-electron chi connectivity index (χ3n) is 5.83. The van der Waals surface area contributed by atoms with E-state index in [1.807, 2.05) is 58.1 Å². The van der Waals surface area contributed by atoms with Crippen LogP contribution >= 0.6 is 22.7 Å². The number of carbonyl (C=O) groups is 1. The van der Waals surface area contributed by atoms with E-state index in [1.165, 1.54) is 22.7 Å². The van der Waals surface area contributed by atoms with Crippen LogP contribution in [0, 0.1) is 0 Å². The molecule has 1 fully saturated rings. The molecule has 8 heteroatoms. The molecule has 1 aliphatic heterocycles. The van der Waals surface area contributed by atoms with Gasteiger partial charge in [-0.3, -0.25) is 9.69 Å². The normalized spacial score (nSPS) is 15.4. The highest BCUT2D eigenvalue weighted by Crippen LogP contribution is 2.32. The Hall–Kier alpha value is -2.52. The molecule has 166 valence electrons. The van der Waals surface area contributed by atoms with Gasteiger partial charge in [0.2, 0.25) is 0 Å². The first-order valence-corrected chi connectivity index (χ1v) is 12.6. The number of amides is 1. The number of hydrogen-bond acceptors (Lipinski definition) is 7. The number of aromatic nitrogens is 1. The quantitative estimate of drug-likeness (QED) is 0.388. The van der Waals surface area contributed by atoms with Crippen molar-refractivity contribution in [2.24, 2.45) is 0 Å². The molecule has 0 radical (unpaired) electrons. The van der Waals surface area contributed by atoms with Gasteiger partial charge in [-0.1, -0.05) is 24.3 Å². The number of rotatable bonds is 7. The van der Waals surface area contributed by atoms with E-state index < -0.39 is 0 Å². The summed E-state index contributed by atoms with van der Waals surface area (Å²) in [5, 5.41) is 5.69. The fourth-order valence-corrected chi connectivity index (χ4v) is 5.46. The molecule has 0 saturated carbocycles. The highest BCUT2D eigenvalue weighted by Gasteiger charge is 2.23. The van der Waals surface area contributed by atoms with Crippen molar-refractivity contribution >= 4 is 44.7 Å². The fourth-order valence-electron chi connectivity index (χ4n) is 3.95. The molecule has 0 aliphatic carbocycles. The smallest absolute Gasteiger partial charge is 0.270 e. The SMILES string of the molecule is CN1CCN(CCCN(C(=O)c2cccs2)c2nc(-c3cc4ccccc4o3)cs2)CC1. The Kier molecular flexibility index (Phi) is 6.36. The van der Waals surface area contributed by atoms with Crippen LogP contribution in [0.3, 0.4) is 0 Å². The number of carbonyl (C=O) groups excluding carboxylic acids is 1. The Labute approximate surface area is 195 Å². The molecule has 1 amide bonds. The second-order valence-electron chi connectivity index (χ2n) is 8.10. The minimum Gasteiger partial charge on any atom is -0.454 e. The molecule has 0 N–H and O–H groups in total. The van der Waals surface area contributed by atoms with Crippen LogP contribution in [0.2, 0.25) is 0 Å². The van der Waals surface area contributed by atoms with Crippen LogP contribution in [0.1, 0.15) is 16.1 Å². The van der Waals surface area contributed by atoms with Crippen molar-refractivity contribution in [3.05, 3.63) is 58.1 Å². The Morgan fingerprint density at radius 3 is 2.75 bits per heavy atom. The maximum absolute atomic E-state index is 13.3. The van der Waals surface area contributed by atoms with Gasteiger partial charge in [0, 0.05) is 43.5 Å². The number of thiophene rings is 1. The van der Waals surface area contributed by atoms with E-state index in [0.717, 1.165) is 71.6 Å². The summed E-state index contributed by atoms with van der Waals surface area (Å²) >= 11 is 2.97. The van der Waals surface area contributed by atoms with E-state index in [1.54, 1.807) is 0 Å². The molecule has 3 aromatic heterocycles. The largest absolute Gasteiger partial charge is 0.454 e. The third-order valence-corrected chi connectivity index (χ3v) is 7.55. The third kappa shape index (κ3) is 4.63. The van der Waals surface area contributed by atoms with Gasteiger partial charge in [-0.05, 0) is 43.6 Å². The molecule has 4 heterocycles. The molecule has 0 atom stereocenters. The van der Waals surface area contributed by atoms with Crippen LogP contribution in [0.5, 0.6) is 0 Å². The molecule has 1 aliphatic rings. The van der Waals surface area contributed by atoms with Crippen molar-refractivity contribution in [3.8, 4) is 11.5 Å². The predicted molar refractivity (Wildman–Crippen MR) is 132 cm³/mol. The minimum atomic E-state index is 0.0175. The molecule has 6 nitrogen and oxygen atoms in total. The van der Waals surface area contributed by atoms with Gasteiger partial charge in [0.05, 0.1) is 4.88 Å². The van der Waals surface area contributed by atoms with Crippen molar-refractivity contribution in [1.29, 1.82) is 0 Å². The van der Waals surface area contributed by atoms with Crippen LogP contribution in [0.25, 0.3) is 22.4 Å². The Bertz CT molecular complexity index is 1140. The number of para-hydroxylation sites is 1. The summed E-state index contributed by atoms with van der Waals surface area (Å²) in [7, 11) is 2.17. The molecule has 0 bridgehead atoms. The highest BCUT2D eigenvalue weighted by molar-refractivity contribution is 7.14. The van der Waals surface area contributed by atoms with Crippen LogP contribution in [0.4, 0.5) is 5.13 Å². The lowest BCUT2D eigenvalue weighted by Crippen LogP contribution is -2.45. The van der Waals surface area contributed by atoms with Crippen LogP contribution in [-0.2, 0) is 0 Å². The molecular weight excluding hydrogens is 440 g/mol. The van der Waals surface area contributed by atoms with E-state index in [0.29, 0.717) is 6.54 Å². The molecule has 0 unspecified atom stereocenters. The summed E-state index contributed by atoms with van der Waals surface area (Å²) in [6.07, 6.45) is 0.917. The first-order chi connectivity index (χ1) is 15.7. The van der Waals surface area contributed by atoms with E-state index in [4.69, 9.17) is 9.40 Å². The maximum atomic E-state index is 13.3. The second kappa shape index (κ2) is 9.54. The van der Waals surface area contributed by atoms with E-state index in [2.05, 4.69) is 16.8 Å². The Balaban J connectivity index is 1.33. The van der Waals surface area contributed by atoms with Crippen molar-refractivity contribution in [1.82, 2.24) is 14.8 Å². The zero-order valence-electron chi connectivity index (χ0n) is 18.1. The number of anilines is 1. The standard InChI is InChI=1S/C24H26N4O2S2/c1-26-11-13-27(14-12-26)9-5-10-28(23(29)22-8-4-15-31-22)24-25-19(17-32-24)21-16-18-6-2-3-7-20(18)30-21/h2-4,6-8,15-17H,5,9-14H2,1H3. The first kappa shape index (κ1) is 21.3. The summed E-state index contributed by atoms with van der Waals surface area (Å²) < 4.78 is 5.98. The summed E-state index contributed by atoms with van der Waals surface area (Å²) in [5.74, 6) is 0.749. The average Bonchev–Trinajstić information content (AvgIpc) is 3.57. The van der Waals surface area contributed by atoms with E-state index >= 15 is 0 Å². The number of nitrogens with zero attached hydrogens (tertiary/aromatic N) is 4. The number of fused-ring (bicyclic) bond motifs is 1. The van der Waals surface area contributed by atoms with E-state index in [9.17, 15) is 4.79 Å². The van der Waals surface area contributed by atoms with Gasteiger partial charge >= 0.3 is 0 Å². The fraction of sp³-hybridized carbons (Fsp3) is 0.333. The zero-order valence-corrected chi connectivity index (χ0v) is 19.7. The molecule has 1 saturated heterocycles. The van der Waals surface area contributed by atoms with Crippen LogP contribution in [-0.4, -0.2) is 67.0 Å². The van der Waals surface area contributed by atoms with Crippen molar-refractivity contribution in [3.63, 3.8) is 0 Å². The van der Waals surface area contributed by atoms with Crippen molar-refractivity contribution < 1.29 is 9.21 Å². The Morgan fingerprint density at radius 1 is 1.12 bits per heavy atom. The summed E-state index contributed by atoms with van der Waals surface area (Å²) in [6, 6.07) is 13.8. The van der Waals surface area contributed by atoms with E-state index in [-0.39, 0.29) is 5.91 Å². The maximum Gasteiger partial charge on any atom is 0.270 e. The number of benzene rings is 1. The molecular formula is C24H26N4O2S2. The molecule has 0 spiro atoms. The highest BCUT2D eigenvalue weighted by atomic mass is 32.1. The molecule has 1 aromatic carbocycles. The monoisotopic (exact) mass is 466 g/mol. The number of piperazine rings is 1. The molecule has 4 aromatic rings. The first-order valence-electron chi connectivity index (χ1n) is 10.9. The number of furan rings is 1. The topological polar surface area (TPSA) is 52.8 Å². The van der Waals surface area contributed by atoms with Crippen molar-refractivity contribution in [2.45, 2.75) is 6.42 Å². The van der Waals surface area contributed by atoms with Crippen LogP contribution in [0.15, 0.2) is 57.6 Å². The summed E-state index contributed by atoms with van der Waals surface area (Å²) in [4.78, 5) is 25.5. The van der Waals surface area contributed by atoms with Gasteiger partial charge in [0.1, 0.15) is 11.3 Å². The Morgan fingerprint density at radius 2 is 1.97 bits per heavy atom. The number of likely N-dealkylation sites (N-methyl/N-ethyl adjacent to an activating group) is 1. The van der Waals surface area contributed by atoms with Gasteiger partial charge in [-0.15, -0.1) is 22.7 Å². The molecule has 32 heavy (non-hydrogen) atoms. The average molecular weight is 467 g/mol. The zero-order chi connectivity index (χ0) is 21.9. The van der Waals surface area contributed by atoms with Gasteiger partial charge in [-0.25, -0.2) is 4.98 Å². The predicted octanol–water partition coefficient (Wildman–Crippen LogP) is 4.90. The minimum absolute atomic E-state index is 0.0175. The van der Waals surface area contributed by atoms with Gasteiger partial charge in [-0.2, -0.15) is 0 Å². The second-order valence-corrected chi connectivity index (χ2v) is 9.88. The van der Waals surface area contributed by atoms with Crippen LogP contribution < -0.4 is 4.90 Å². The van der Waals surface area contributed by atoms with Crippen molar-refractivity contribution in [2.75, 3.05) is 51.2 Å². The lowest BCUT2D eigenvalue weighted by molar-refractivity contribution is 0.0988. The van der Waals surface area contributed by atoms with Gasteiger partial charge < -0.3 is 14.2 Å². The summed E-state index contributed by atoms with van der Waals surface area (Å²) in [5.41, 5.74) is 1.61. The molecule has 5 rings (SSSR count). The lowest BCUT2D eigenvalue weighted by Gasteiger charge is -2.32. The van der Waals surface area contributed by atoms with Gasteiger partial charge in [0.25, 0.3) is 5.91 Å². The summed E-state index contributed by atoms with van der Waals surface area (Å²) in [6.45, 7) is 6.02.